The maximum Gasteiger partial charge on any atom is 0.150 e. The van der Waals surface area contributed by atoms with E-state index in [2.05, 4.69) is 5.32 Å². The Kier molecular flexibility index (Phi) is 2.84. The van der Waals surface area contributed by atoms with Gasteiger partial charge in [-0.1, -0.05) is 24.3 Å². The summed E-state index contributed by atoms with van der Waals surface area (Å²) in [5, 5.41) is 3.36. The minimum atomic E-state index is -0.346. The molecule has 3 heteroatoms. The molecule has 0 aromatic heterocycles. The quantitative estimate of drug-likeness (QED) is 0.763. The summed E-state index contributed by atoms with van der Waals surface area (Å²) in [5.74, 6) is 0. The number of hydrogen-bond donors (Lipinski definition) is 1. The van der Waals surface area contributed by atoms with Crippen LogP contribution >= 0.6 is 0 Å². The van der Waals surface area contributed by atoms with Gasteiger partial charge in [0, 0.05) is 12.7 Å². The SMILES string of the molecule is CO[C@@]1(c2ccc(C=O)cc2)CCCN1. The largest absolute Gasteiger partial charge is 0.360 e. The highest BCUT2D eigenvalue weighted by Crippen LogP contribution is 2.31. The van der Waals surface area contributed by atoms with Crippen LogP contribution in [-0.2, 0) is 10.5 Å². The summed E-state index contributed by atoms with van der Waals surface area (Å²) in [4.78, 5) is 10.5. The van der Waals surface area contributed by atoms with Crippen molar-refractivity contribution in [1.82, 2.24) is 5.32 Å². The third-order valence-corrected chi connectivity index (χ3v) is 2.98. The second-order valence-electron chi connectivity index (χ2n) is 3.80. The van der Waals surface area contributed by atoms with Crippen LogP contribution in [0.3, 0.4) is 0 Å². The molecule has 0 bridgehead atoms. The van der Waals surface area contributed by atoms with Crippen molar-refractivity contribution in [3.05, 3.63) is 35.4 Å². The zero-order chi connectivity index (χ0) is 10.7. The molecular weight excluding hydrogens is 190 g/mol. The van der Waals surface area contributed by atoms with Crippen LogP contribution in [0.2, 0.25) is 0 Å². The highest BCUT2D eigenvalue weighted by molar-refractivity contribution is 5.74. The lowest BCUT2D eigenvalue weighted by atomic mass is 10.00. The van der Waals surface area contributed by atoms with E-state index in [4.69, 9.17) is 4.74 Å². The fourth-order valence-electron chi connectivity index (χ4n) is 2.09. The predicted octanol–water partition coefficient (Wildman–Crippen LogP) is 1.68. The van der Waals surface area contributed by atoms with Crippen molar-refractivity contribution < 1.29 is 9.53 Å². The fourth-order valence-corrected chi connectivity index (χ4v) is 2.09. The van der Waals surface area contributed by atoms with Crippen molar-refractivity contribution >= 4 is 6.29 Å². The van der Waals surface area contributed by atoms with Crippen molar-refractivity contribution in [3.8, 4) is 0 Å². The number of nitrogens with one attached hydrogen (secondary N) is 1. The third-order valence-electron chi connectivity index (χ3n) is 2.98. The Morgan fingerprint density at radius 2 is 2.13 bits per heavy atom. The van der Waals surface area contributed by atoms with Gasteiger partial charge >= 0.3 is 0 Å². The molecular formula is C12H15NO2. The molecule has 1 aliphatic rings. The normalized spacial score (nSPS) is 25.4. The van der Waals surface area contributed by atoms with E-state index >= 15 is 0 Å². The Hall–Kier alpha value is -1.19. The molecule has 1 aromatic rings. The highest BCUT2D eigenvalue weighted by Gasteiger charge is 2.34. The van der Waals surface area contributed by atoms with Gasteiger partial charge in [0.05, 0.1) is 0 Å². The van der Waals surface area contributed by atoms with Crippen LogP contribution in [0.1, 0.15) is 28.8 Å². The Morgan fingerprint density at radius 1 is 1.40 bits per heavy atom. The lowest BCUT2D eigenvalue weighted by Crippen LogP contribution is -2.38. The molecule has 0 radical (unpaired) electrons. The second kappa shape index (κ2) is 4.13. The first-order chi connectivity index (χ1) is 7.30. The summed E-state index contributed by atoms with van der Waals surface area (Å²) in [5.41, 5.74) is 1.44. The van der Waals surface area contributed by atoms with E-state index in [0.29, 0.717) is 5.56 Å². The number of hydrogen-bond acceptors (Lipinski definition) is 3. The van der Waals surface area contributed by atoms with Gasteiger partial charge in [-0.25, -0.2) is 0 Å². The van der Waals surface area contributed by atoms with Crippen molar-refractivity contribution in [1.29, 1.82) is 0 Å². The van der Waals surface area contributed by atoms with Gasteiger partial charge in [0.25, 0.3) is 0 Å². The van der Waals surface area contributed by atoms with Crippen LogP contribution in [0.15, 0.2) is 24.3 Å². The average molecular weight is 205 g/mol. The molecule has 1 aliphatic heterocycles. The van der Waals surface area contributed by atoms with Crippen LogP contribution < -0.4 is 5.32 Å². The van der Waals surface area contributed by atoms with E-state index in [9.17, 15) is 4.79 Å². The summed E-state index contributed by atoms with van der Waals surface area (Å²) in [6.07, 6.45) is 2.94. The summed E-state index contributed by atoms with van der Waals surface area (Å²) < 4.78 is 5.56. The summed E-state index contributed by atoms with van der Waals surface area (Å²) in [7, 11) is 1.71. The second-order valence-corrected chi connectivity index (χ2v) is 3.80. The van der Waals surface area contributed by atoms with E-state index in [-0.39, 0.29) is 5.72 Å². The van der Waals surface area contributed by atoms with E-state index in [1.54, 1.807) is 7.11 Å². The molecule has 1 atom stereocenters. The Morgan fingerprint density at radius 3 is 2.60 bits per heavy atom. The molecule has 1 fully saturated rings. The third kappa shape index (κ3) is 1.80. The maximum atomic E-state index is 10.5. The Bertz CT molecular complexity index is 339. The lowest BCUT2D eigenvalue weighted by Gasteiger charge is -2.28. The van der Waals surface area contributed by atoms with Crippen molar-refractivity contribution in [2.45, 2.75) is 18.6 Å². The molecule has 1 N–H and O–H groups in total. The number of rotatable bonds is 3. The molecule has 0 aliphatic carbocycles. The first-order valence-corrected chi connectivity index (χ1v) is 5.17. The van der Waals surface area contributed by atoms with E-state index in [1.165, 1.54) is 0 Å². The number of methoxy groups -OCH3 is 1. The molecule has 1 aromatic carbocycles. The van der Waals surface area contributed by atoms with Crippen LogP contribution in [0.25, 0.3) is 0 Å². The van der Waals surface area contributed by atoms with Gasteiger partial charge in [-0.3, -0.25) is 10.1 Å². The standard InChI is InChI=1S/C12H15NO2/c1-15-12(7-2-8-13-12)11-5-3-10(9-14)4-6-11/h3-6,9,13H,2,7-8H2,1H3/t12-/m1/s1. The van der Waals surface area contributed by atoms with Crippen molar-refractivity contribution in [2.24, 2.45) is 0 Å². The number of carbonyl (C=O) groups excluding carboxylic acids is 1. The van der Waals surface area contributed by atoms with Gasteiger partial charge in [0.15, 0.2) is 0 Å². The van der Waals surface area contributed by atoms with Crippen LogP contribution in [-0.4, -0.2) is 19.9 Å². The van der Waals surface area contributed by atoms with Crippen molar-refractivity contribution in [3.63, 3.8) is 0 Å². The zero-order valence-corrected chi connectivity index (χ0v) is 8.82. The summed E-state index contributed by atoms with van der Waals surface area (Å²) in [6, 6.07) is 7.54. The van der Waals surface area contributed by atoms with E-state index < -0.39 is 0 Å². The fraction of sp³-hybridized carbons (Fsp3) is 0.417. The van der Waals surface area contributed by atoms with Crippen LogP contribution in [0, 0.1) is 0 Å². The minimum absolute atomic E-state index is 0.346. The summed E-state index contributed by atoms with van der Waals surface area (Å²) in [6.45, 7) is 0.975. The van der Waals surface area contributed by atoms with E-state index in [0.717, 1.165) is 31.2 Å². The maximum absolute atomic E-state index is 10.5. The predicted molar refractivity (Wildman–Crippen MR) is 57.8 cm³/mol. The monoisotopic (exact) mass is 205 g/mol. The Labute approximate surface area is 89.4 Å². The molecule has 15 heavy (non-hydrogen) atoms. The average Bonchev–Trinajstić information content (AvgIpc) is 2.79. The molecule has 3 nitrogen and oxygen atoms in total. The highest BCUT2D eigenvalue weighted by atomic mass is 16.5. The van der Waals surface area contributed by atoms with Gasteiger partial charge in [-0.2, -0.15) is 0 Å². The van der Waals surface area contributed by atoms with Crippen LogP contribution in [0.5, 0.6) is 0 Å². The zero-order valence-electron chi connectivity index (χ0n) is 8.82. The molecule has 0 spiro atoms. The van der Waals surface area contributed by atoms with Crippen molar-refractivity contribution in [2.75, 3.05) is 13.7 Å². The first kappa shape index (κ1) is 10.3. The van der Waals surface area contributed by atoms with Gasteiger partial charge < -0.3 is 4.74 Å². The van der Waals surface area contributed by atoms with Crippen LogP contribution in [0.4, 0.5) is 0 Å². The smallest absolute Gasteiger partial charge is 0.150 e. The first-order valence-electron chi connectivity index (χ1n) is 5.17. The van der Waals surface area contributed by atoms with Gasteiger partial charge in [0.2, 0.25) is 0 Å². The molecule has 80 valence electrons. The summed E-state index contributed by atoms with van der Waals surface area (Å²) >= 11 is 0. The van der Waals surface area contributed by atoms with E-state index in [1.807, 2.05) is 24.3 Å². The van der Waals surface area contributed by atoms with Gasteiger partial charge in [-0.05, 0) is 24.9 Å². The number of aldehydes is 1. The number of benzene rings is 1. The molecule has 0 unspecified atom stereocenters. The number of ether oxygens (including phenoxy) is 1. The molecule has 1 heterocycles. The topological polar surface area (TPSA) is 38.3 Å². The molecule has 1 saturated heterocycles. The lowest BCUT2D eigenvalue weighted by molar-refractivity contribution is -0.0286. The minimum Gasteiger partial charge on any atom is -0.360 e. The Balaban J connectivity index is 2.30. The molecule has 2 rings (SSSR count). The number of carbonyl (C=O) groups is 1. The van der Waals surface area contributed by atoms with Gasteiger partial charge in [0.1, 0.15) is 12.0 Å². The van der Waals surface area contributed by atoms with Gasteiger partial charge in [-0.15, -0.1) is 0 Å². The molecule has 0 saturated carbocycles. The molecule has 0 amide bonds.